The molecule has 1 amide bonds. The summed E-state index contributed by atoms with van der Waals surface area (Å²) in [6, 6.07) is 12.3. The Hall–Kier alpha value is -2.67. The number of hydrogen-bond acceptors (Lipinski definition) is 4. The molecule has 1 atom stereocenters. The molecule has 2 heterocycles. The van der Waals surface area contributed by atoms with E-state index in [9.17, 15) is 14.4 Å². The van der Waals surface area contributed by atoms with Crippen LogP contribution in [0.5, 0.6) is 0 Å². The molecule has 1 aliphatic heterocycles. The normalized spacial score (nSPS) is 17.1. The molecule has 1 aromatic carbocycles. The van der Waals surface area contributed by atoms with E-state index < -0.39 is 0 Å². The summed E-state index contributed by atoms with van der Waals surface area (Å²) in [5.41, 5.74) is 0.747. The minimum Gasteiger partial charge on any atom is -0.466 e. The predicted octanol–water partition coefficient (Wildman–Crippen LogP) is 3.41. The van der Waals surface area contributed by atoms with Crippen molar-refractivity contribution in [1.82, 2.24) is 9.47 Å². The summed E-state index contributed by atoms with van der Waals surface area (Å²) >= 11 is 3.43. The standard InChI is InChI=1S/C22H23BrN2O4/c1-2-29-22(28)17-8-6-11-24(15-17)21(27)19(25-12-4-3-10-20(25)26)14-16-7-5-9-18(23)13-16/h3-5,7,9-10,12-14,17H,2,6,8,11,15H2,1H3/b19-14-. The zero-order valence-corrected chi connectivity index (χ0v) is 17.8. The summed E-state index contributed by atoms with van der Waals surface area (Å²) in [6.45, 7) is 2.91. The van der Waals surface area contributed by atoms with Crippen molar-refractivity contribution in [2.45, 2.75) is 19.8 Å². The van der Waals surface area contributed by atoms with Crippen molar-refractivity contribution >= 4 is 39.6 Å². The molecule has 0 aliphatic carbocycles. The van der Waals surface area contributed by atoms with Gasteiger partial charge in [0, 0.05) is 29.8 Å². The van der Waals surface area contributed by atoms with E-state index >= 15 is 0 Å². The number of carbonyl (C=O) groups excluding carboxylic acids is 2. The predicted molar refractivity (Wildman–Crippen MR) is 115 cm³/mol. The van der Waals surface area contributed by atoms with Crippen LogP contribution in [0.25, 0.3) is 11.8 Å². The molecule has 152 valence electrons. The third kappa shape index (κ3) is 5.23. The Morgan fingerprint density at radius 1 is 1.24 bits per heavy atom. The molecule has 6 nitrogen and oxygen atoms in total. The molecule has 7 heteroatoms. The average Bonchev–Trinajstić information content (AvgIpc) is 2.72. The van der Waals surface area contributed by atoms with Crippen LogP contribution in [0, 0.1) is 5.92 Å². The Kier molecular flexibility index (Phi) is 7.04. The molecule has 1 unspecified atom stereocenters. The third-order valence-corrected chi connectivity index (χ3v) is 5.27. The quantitative estimate of drug-likeness (QED) is 0.508. The first-order valence-electron chi connectivity index (χ1n) is 9.61. The van der Waals surface area contributed by atoms with Crippen LogP contribution in [0.1, 0.15) is 25.3 Å². The fourth-order valence-electron chi connectivity index (χ4n) is 3.39. The number of hydrogen-bond donors (Lipinski definition) is 0. The number of benzene rings is 1. The Bertz CT molecular complexity index is 983. The number of pyridine rings is 1. The van der Waals surface area contributed by atoms with E-state index in [1.54, 1.807) is 36.2 Å². The van der Waals surface area contributed by atoms with E-state index in [-0.39, 0.29) is 35.6 Å². The number of ether oxygens (including phenoxy) is 1. The van der Waals surface area contributed by atoms with Crippen LogP contribution in [-0.2, 0) is 14.3 Å². The topological polar surface area (TPSA) is 68.6 Å². The zero-order chi connectivity index (χ0) is 20.8. The molecule has 0 bridgehead atoms. The number of nitrogens with zero attached hydrogens (tertiary/aromatic N) is 2. The van der Waals surface area contributed by atoms with Gasteiger partial charge in [-0.05, 0) is 49.6 Å². The molecule has 1 aliphatic rings. The number of carbonyl (C=O) groups is 2. The molecule has 2 aromatic rings. The van der Waals surface area contributed by atoms with Crippen LogP contribution in [0.15, 0.2) is 57.9 Å². The van der Waals surface area contributed by atoms with Crippen molar-refractivity contribution in [3.05, 3.63) is 69.1 Å². The van der Waals surface area contributed by atoms with Gasteiger partial charge in [0.15, 0.2) is 0 Å². The average molecular weight is 459 g/mol. The van der Waals surface area contributed by atoms with E-state index in [0.29, 0.717) is 26.0 Å². The lowest BCUT2D eigenvalue weighted by atomic mass is 9.98. The number of rotatable bonds is 5. The minimum atomic E-state index is -0.340. The molecule has 0 spiro atoms. The number of esters is 1. The summed E-state index contributed by atoms with van der Waals surface area (Å²) in [5.74, 6) is -0.904. The Balaban J connectivity index is 1.96. The summed E-state index contributed by atoms with van der Waals surface area (Å²) in [7, 11) is 0. The molecule has 0 radical (unpaired) electrons. The van der Waals surface area contributed by atoms with Gasteiger partial charge in [0.1, 0.15) is 5.70 Å². The molecular weight excluding hydrogens is 436 g/mol. The fraction of sp³-hybridized carbons (Fsp3) is 0.318. The first-order valence-corrected chi connectivity index (χ1v) is 10.4. The Labute approximate surface area is 177 Å². The van der Waals surface area contributed by atoms with Crippen molar-refractivity contribution in [1.29, 1.82) is 0 Å². The zero-order valence-electron chi connectivity index (χ0n) is 16.2. The maximum absolute atomic E-state index is 13.4. The smallest absolute Gasteiger partial charge is 0.310 e. The van der Waals surface area contributed by atoms with Crippen LogP contribution >= 0.6 is 15.9 Å². The van der Waals surface area contributed by atoms with Crippen molar-refractivity contribution in [3.8, 4) is 0 Å². The fourth-order valence-corrected chi connectivity index (χ4v) is 3.81. The van der Waals surface area contributed by atoms with E-state index in [0.717, 1.165) is 10.0 Å². The number of amides is 1. The van der Waals surface area contributed by atoms with E-state index in [4.69, 9.17) is 4.74 Å². The highest BCUT2D eigenvalue weighted by atomic mass is 79.9. The molecule has 29 heavy (non-hydrogen) atoms. The van der Waals surface area contributed by atoms with Crippen molar-refractivity contribution in [2.24, 2.45) is 5.92 Å². The maximum Gasteiger partial charge on any atom is 0.310 e. The first kappa shape index (κ1) is 21.0. The van der Waals surface area contributed by atoms with Gasteiger partial charge >= 0.3 is 5.97 Å². The third-order valence-electron chi connectivity index (χ3n) is 4.78. The van der Waals surface area contributed by atoms with Crippen LogP contribution < -0.4 is 5.56 Å². The first-order chi connectivity index (χ1) is 14.0. The molecule has 1 aromatic heterocycles. The van der Waals surface area contributed by atoms with Crippen LogP contribution in [0.2, 0.25) is 0 Å². The highest BCUT2D eigenvalue weighted by Crippen LogP contribution is 2.22. The summed E-state index contributed by atoms with van der Waals surface area (Å²) in [5, 5.41) is 0. The van der Waals surface area contributed by atoms with E-state index in [2.05, 4.69) is 15.9 Å². The Morgan fingerprint density at radius 3 is 2.79 bits per heavy atom. The molecule has 1 saturated heterocycles. The van der Waals surface area contributed by atoms with Gasteiger partial charge in [0.2, 0.25) is 0 Å². The number of halogens is 1. The van der Waals surface area contributed by atoms with Crippen molar-refractivity contribution in [2.75, 3.05) is 19.7 Å². The number of aromatic nitrogens is 1. The van der Waals surface area contributed by atoms with Gasteiger partial charge < -0.3 is 9.64 Å². The SMILES string of the molecule is CCOC(=O)C1CCCN(C(=O)/C(=C/c2cccc(Br)c2)n2ccccc2=O)C1. The summed E-state index contributed by atoms with van der Waals surface area (Å²) < 4.78 is 7.35. The number of piperidine rings is 1. The maximum atomic E-state index is 13.4. The molecule has 1 fully saturated rings. The minimum absolute atomic E-state index is 0.248. The van der Waals surface area contributed by atoms with Gasteiger partial charge in [-0.2, -0.15) is 0 Å². The van der Waals surface area contributed by atoms with E-state index in [1.165, 1.54) is 10.6 Å². The van der Waals surface area contributed by atoms with Crippen LogP contribution in [0.4, 0.5) is 0 Å². The van der Waals surface area contributed by atoms with Gasteiger partial charge in [-0.25, -0.2) is 0 Å². The van der Waals surface area contributed by atoms with Gasteiger partial charge in [-0.1, -0.05) is 34.1 Å². The highest BCUT2D eigenvalue weighted by Gasteiger charge is 2.31. The second-order valence-electron chi connectivity index (χ2n) is 6.84. The molecule has 0 saturated carbocycles. The van der Waals surface area contributed by atoms with Gasteiger partial charge in [-0.15, -0.1) is 0 Å². The summed E-state index contributed by atoms with van der Waals surface area (Å²) in [4.78, 5) is 39.6. The van der Waals surface area contributed by atoms with Crippen molar-refractivity contribution in [3.63, 3.8) is 0 Å². The second kappa shape index (κ2) is 9.69. The van der Waals surface area contributed by atoms with Crippen LogP contribution in [-0.4, -0.2) is 41.0 Å². The lowest BCUT2D eigenvalue weighted by molar-refractivity contribution is -0.150. The Morgan fingerprint density at radius 2 is 2.07 bits per heavy atom. The van der Waals surface area contributed by atoms with E-state index in [1.807, 2.05) is 24.3 Å². The van der Waals surface area contributed by atoms with Gasteiger partial charge in [-0.3, -0.25) is 19.0 Å². The molecule has 3 rings (SSSR count). The molecular formula is C22H23BrN2O4. The van der Waals surface area contributed by atoms with Crippen molar-refractivity contribution < 1.29 is 14.3 Å². The van der Waals surface area contributed by atoms with Crippen LogP contribution in [0.3, 0.4) is 0 Å². The highest BCUT2D eigenvalue weighted by molar-refractivity contribution is 9.10. The van der Waals surface area contributed by atoms with Gasteiger partial charge in [0.25, 0.3) is 11.5 Å². The lowest BCUT2D eigenvalue weighted by Crippen LogP contribution is -2.44. The van der Waals surface area contributed by atoms with Gasteiger partial charge in [0.05, 0.1) is 12.5 Å². The summed E-state index contributed by atoms with van der Waals surface area (Å²) in [6.07, 6.45) is 4.68. The second-order valence-corrected chi connectivity index (χ2v) is 7.75. The molecule has 0 N–H and O–H groups in total. The lowest BCUT2D eigenvalue weighted by Gasteiger charge is -2.32. The largest absolute Gasteiger partial charge is 0.466 e. The number of likely N-dealkylation sites (tertiary alicyclic amines) is 1. The monoisotopic (exact) mass is 458 g/mol.